The van der Waals surface area contributed by atoms with E-state index in [9.17, 15) is 4.79 Å². The van der Waals surface area contributed by atoms with Crippen molar-refractivity contribution in [1.29, 1.82) is 0 Å². The van der Waals surface area contributed by atoms with Gasteiger partial charge in [-0.15, -0.1) is 0 Å². The zero-order chi connectivity index (χ0) is 7.28. The van der Waals surface area contributed by atoms with Gasteiger partial charge in [-0.25, -0.2) is 0 Å². The summed E-state index contributed by atoms with van der Waals surface area (Å²) in [7, 11) is 0. The lowest BCUT2D eigenvalue weighted by molar-refractivity contribution is -0.109. The van der Waals surface area contributed by atoms with Gasteiger partial charge in [-0.3, -0.25) is 4.79 Å². The van der Waals surface area contributed by atoms with E-state index >= 15 is 0 Å². The van der Waals surface area contributed by atoms with Gasteiger partial charge in [-0.1, -0.05) is 27.7 Å². The SMILES string of the molecule is CC(=O)SCC(O)CBr. The zero-order valence-corrected chi connectivity index (χ0v) is 7.54. The highest BCUT2D eigenvalue weighted by molar-refractivity contribution is 9.09. The Labute approximate surface area is 67.1 Å². The third-order valence-electron chi connectivity index (χ3n) is 0.657. The van der Waals surface area contributed by atoms with Crippen LogP contribution in [0.15, 0.2) is 0 Å². The van der Waals surface area contributed by atoms with Crippen LogP contribution in [0.3, 0.4) is 0 Å². The van der Waals surface area contributed by atoms with E-state index in [0.717, 1.165) is 11.8 Å². The molecule has 0 spiro atoms. The first kappa shape index (κ1) is 9.46. The summed E-state index contributed by atoms with van der Waals surface area (Å²) in [5.74, 6) is 0.487. The van der Waals surface area contributed by atoms with Crippen molar-refractivity contribution < 1.29 is 9.90 Å². The lowest BCUT2D eigenvalue weighted by Gasteiger charge is -2.01. The van der Waals surface area contributed by atoms with Gasteiger partial charge in [0.2, 0.25) is 0 Å². The van der Waals surface area contributed by atoms with Crippen LogP contribution in [0.5, 0.6) is 0 Å². The molecule has 0 aromatic heterocycles. The molecule has 0 aromatic carbocycles. The molecule has 0 aliphatic heterocycles. The van der Waals surface area contributed by atoms with Gasteiger partial charge in [0.05, 0.1) is 6.10 Å². The summed E-state index contributed by atoms with van der Waals surface area (Å²) in [5, 5.41) is 9.47. The van der Waals surface area contributed by atoms with Crippen molar-refractivity contribution in [2.24, 2.45) is 0 Å². The van der Waals surface area contributed by atoms with Gasteiger partial charge in [-0.05, 0) is 0 Å². The van der Waals surface area contributed by atoms with Gasteiger partial charge in [0.1, 0.15) is 0 Å². The van der Waals surface area contributed by atoms with Crippen LogP contribution in [0.2, 0.25) is 0 Å². The van der Waals surface area contributed by atoms with Gasteiger partial charge in [0.25, 0.3) is 0 Å². The Kier molecular flexibility index (Phi) is 5.53. The molecular weight excluding hydrogens is 204 g/mol. The standard InChI is InChI=1S/C5H9BrO2S/c1-4(7)9-3-5(8)2-6/h5,8H,2-3H2,1H3. The Bertz CT molecular complexity index is 97.0. The highest BCUT2D eigenvalue weighted by atomic mass is 79.9. The van der Waals surface area contributed by atoms with Crippen LogP contribution in [0.4, 0.5) is 0 Å². The fourth-order valence-electron chi connectivity index (χ4n) is 0.258. The predicted molar refractivity (Wildman–Crippen MR) is 42.9 cm³/mol. The molecule has 2 nitrogen and oxygen atoms in total. The molecule has 1 atom stereocenters. The molecule has 4 heteroatoms. The highest BCUT2D eigenvalue weighted by Crippen LogP contribution is 2.04. The number of carbonyl (C=O) groups is 1. The Morgan fingerprint density at radius 1 is 1.89 bits per heavy atom. The largest absolute Gasteiger partial charge is 0.391 e. The number of halogens is 1. The Morgan fingerprint density at radius 3 is 2.78 bits per heavy atom. The van der Waals surface area contributed by atoms with Gasteiger partial charge >= 0.3 is 0 Å². The predicted octanol–water partition coefficient (Wildman–Crippen LogP) is 1.02. The molecule has 1 N–H and O–H groups in total. The van der Waals surface area contributed by atoms with E-state index < -0.39 is 6.10 Å². The highest BCUT2D eigenvalue weighted by Gasteiger charge is 2.02. The smallest absolute Gasteiger partial charge is 0.185 e. The topological polar surface area (TPSA) is 37.3 Å². The van der Waals surface area contributed by atoms with Crippen LogP contribution in [-0.4, -0.2) is 27.4 Å². The maximum atomic E-state index is 10.3. The summed E-state index contributed by atoms with van der Waals surface area (Å²) in [4.78, 5) is 10.3. The number of aliphatic hydroxyl groups excluding tert-OH is 1. The molecule has 0 aliphatic carbocycles. The quantitative estimate of drug-likeness (QED) is 0.711. The van der Waals surface area contributed by atoms with Crippen LogP contribution in [-0.2, 0) is 4.79 Å². The summed E-state index contributed by atoms with van der Waals surface area (Å²) in [6.07, 6.45) is -0.404. The molecule has 0 radical (unpaired) electrons. The van der Waals surface area contributed by atoms with E-state index in [2.05, 4.69) is 15.9 Å². The molecule has 0 aromatic rings. The van der Waals surface area contributed by atoms with E-state index in [4.69, 9.17) is 5.11 Å². The molecule has 0 bridgehead atoms. The number of thioether (sulfide) groups is 1. The maximum Gasteiger partial charge on any atom is 0.185 e. The van der Waals surface area contributed by atoms with Crippen molar-refractivity contribution >= 4 is 32.8 Å². The third kappa shape index (κ3) is 6.34. The van der Waals surface area contributed by atoms with E-state index in [1.807, 2.05) is 0 Å². The van der Waals surface area contributed by atoms with Gasteiger partial charge < -0.3 is 5.11 Å². The van der Waals surface area contributed by atoms with Crippen molar-refractivity contribution in [1.82, 2.24) is 0 Å². The number of rotatable bonds is 3. The second-order valence-corrected chi connectivity index (χ2v) is 3.46. The van der Waals surface area contributed by atoms with E-state index in [1.54, 1.807) is 0 Å². The number of carbonyl (C=O) groups excluding carboxylic acids is 1. The summed E-state index contributed by atoms with van der Waals surface area (Å²) in [6.45, 7) is 1.49. The van der Waals surface area contributed by atoms with Crippen molar-refractivity contribution in [3.8, 4) is 0 Å². The Balaban J connectivity index is 3.16. The van der Waals surface area contributed by atoms with Crippen molar-refractivity contribution in [3.05, 3.63) is 0 Å². The second kappa shape index (κ2) is 5.26. The summed E-state index contributed by atoms with van der Waals surface area (Å²) in [6, 6.07) is 0. The molecule has 0 fully saturated rings. The monoisotopic (exact) mass is 212 g/mol. The van der Waals surface area contributed by atoms with Gasteiger partial charge in [0.15, 0.2) is 5.12 Å². The minimum atomic E-state index is -0.404. The van der Waals surface area contributed by atoms with E-state index in [0.29, 0.717) is 11.1 Å². The summed E-state index contributed by atoms with van der Waals surface area (Å²) in [5.41, 5.74) is 0. The molecule has 54 valence electrons. The number of hydrogen-bond donors (Lipinski definition) is 1. The lowest BCUT2D eigenvalue weighted by atomic mass is 10.5. The van der Waals surface area contributed by atoms with E-state index in [1.165, 1.54) is 6.92 Å². The second-order valence-electron chi connectivity index (χ2n) is 1.61. The molecule has 0 saturated carbocycles. The maximum absolute atomic E-state index is 10.3. The van der Waals surface area contributed by atoms with Gasteiger partial charge in [-0.2, -0.15) is 0 Å². The van der Waals surface area contributed by atoms with Crippen molar-refractivity contribution in [2.75, 3.05) is 11.1 Å². The zero-order valence-electron chi connectivity index (χ0n) is 5.13. The average Bonchev–Trinajstić information content (AvgIpc) is 1.83. The van der Waals surface area contributed by atoms with Crippen LogP contribution in [0.25, 0.3) is 0 Å². The van der Waals surface area contributed by atoms with Crippen LogP contribution in [0.1, 0.15) is 6.92 Å². The molecular formula is C5H9BrO2S. The normalized spacial score (nSPS) is 13.2. The summed E-state index contributed by atoms with van der Waals surface area (Å²) >= 11 is 4.24. The van der Waals surface area contributed by atoms with Crippen LogP contribution < -0.4 is 0 Å². The fraction of sp³-hybridized carbons (Fsp3) is 0.800. The molecule has 0 heterocycles. The first-order valence-electron chi connectivity index (χ1n) is 2.54. The number of aliphatic hydroxyl groups is 1. The minimum absolute atomic E-state index is 0.0509. The molecule has 0 rings (SSSR count). The number of alkyl halides is 1. The minimum Gasteiger partial charge on any atom is -0.391 e. The lowest BCUT2D eigenvalue weighted by Crippen LogP contribution is -2.11. The van der Waals surface area contributed by atoms with Crippen molar-refractivity contribution in [3.63, 3.8) is 0 Å². The first-order valence-corrected chi connectivity index (χ1v) is 4.65. The summed E-state index contributed by atoms with van der Waals surface area (Å²) < 4.78 is 0. The van der Waals surface area contributed by atoms with Gasteiger partial charge in [0, 0.05) is 18.0 Å². The van der Waals surface area contributed by atoms with Crippen molar-refractivity contribution in [2.45, 2.75) is 13.0 Å². The Morgan fingerprint density at radius 2 is 2.44 bits per heavy atom. The molecule has 0 aliphatic rings. The molecule has 0 saturated heterocycles. The van der Waals surface area contributed by atoms with E-state index in [-0.39, 0.29) is 5.12 Å². The Hall–Kier alpha value is 0.460. The number of hydrogen-bond acceptors (Lipinski definition) is 3. The fourth-order valence-corrected chi connectivity index (χ4v) is 1.34. The average molecular weight is 213 g/mol. The molecule has 9 heavy (non-hydrogen) atoms. The van der Waals surface area contributed by atoms with Crippen LogP contribution >= 0.6 is 27.7 Å². The van der Waals surface area contributed by atoms with Crippen LogP contribution in [0, 0.1) is 0 Å². The first-order chi connectivity index (χ1) is 4.16. The molecule has 0 amide bonds. The third-order valence-corrected chi connectivity index (χ3v) is 2.36. The molecule has 1 unspecified atom stereocenters.